The lowest BCUT2D eigenvalue weighted by Crippen LogP contribution is -2.45. The number of nitrogens with one attached hydrogen (secondary N) is 1. The first-order valence-electron chi connectivity index (χ1n) is 8.11. The molecule has 1 atom stereocenters. The quantitative estimate of drug-likeness (QED) is 0.714. The highest BCUT2D eigenvalue weighted by Gasteiger charge is 2.29. The molecule has 1 amide bonds. The number of halogens is 2. The Morgan fingerprint density at radius 2 is 1.78 bits per heavy atom. The molecule has 0 fully saturated rings. The lowest BCUT2D eigenvalue weighted by molar-refractivity contribution is -0.116. The summed E-state index contributed by atoms with van der Waals surface area (Å²) < 4.78 is 31.0. The number of anilines is 2. The third kappa shape index (κ3) is 5.51. The molecule has 9 heteroatoms. The van der Waals surface area contributed by atoms with Gasteiger partial charge in [0.15, 0.2) is 0 Å². The van der Waals surface area contributed by atoms with Crippen LogP contribution in [0.15, 0.2) is 42.5 Å². The zero-order valence-corrected chi connectivity index (χ0v) is 17.4. The minimum atomic E-state index is -3.71. The fourth-order valence-corrected chi connectivity index (χ4v) is 3.96. The minimum absolute atomic E-state index is 0.286. The molecule has 0 aliphatic rings. The number of carbonyl (C=O) groups is 1. The zero-order chi connectivity index (χ0) is 20.2. The lowest BCUT2D eigenvalue weighted by atomic mass is 10.2. The molecule has 0 radical (unpaired) electrons. The van der Waals surface area contributed by atoms with Gasteiger partial charge in [0.05, 0.1) is 28.6 Å². The predicted molar refractivity (Wildman–Crippen MR) is 109 cm³/mol. The summed E-state index contributed by atoms with van der Waals surface area (Å²) in [5.74, 6) is 0.107. The molecule has 0 saturated heterocycles. The predicted octanol–water partition coefficient (Wildman–Crippen LogP) is 4.19. The van der Waals surface area contributed by atoms with E-state index in [4.69, 9.17) is 27.9 Å². The van der Waals surface area contributed by atoms with Crippen LogP contribution in [-0.2, 0) is 14.8 Å². The molecule has 0 aromatic heterocycles. The van der Waals surface area contributed by atoms with E-state index in [2.05, 4.69) is 5.32 Å². The highest BCUT2D eigenvalue weighted by molar-refractivity contribution is 7.92. The highest BCUT2D eigenvalue weighted by atomic mass is 35.5. The number of amides is 1. The summed E-state index contributed by atoms with van der Waals surface area (Å²) in [7, 11) is -3.71. The van der Waals surface area contributed by atoms with Crippen molar-refractivity contribution in [3.63, 3.8) is 0 Å². The van der Waals surface area contributed by atoms with Gasteiger partial charge >= 0.3 is 0 Å². The standard InChI is InChI=1S/C18H20Cl2N2O4S/c1-4-26-15-8-6-14(7-9-15)22(27(3,24)25)12(2)18(23)21-13-5-10-16(19)17(20)11-13/h5-12H,4H2,1-3H3,(H,21,23). The van der Waals surface area contributed by atoms with Gasteiger partial charge in [-0.3, -0.25) is 9.10 Å². The van der Waals surface area contributed by atoms with Crippen LogP contribution < -0.4 is 14.4 Å². The fraction of sp³-hybridized carbons (Fsp3) is 0.278. The molecule has 2 aromatic rings. The Hall–Kier alpha value is -1.96. The highest BCUT2D eigenvalue weighted by Crippen LogP contribution is 2.27. The van der Waals surface area contributed by atoms with Gasteiger partial charge in [0.2, 0.25) is 15.9 Å². The van der Waals surface area contributed by atoms with Crippen molar-refractivity contribution in [2.24, 2.45) is 0 Å². The topological polar surface area (TPSA) is 75.7 Å². The van der Waals surface area contributed by atoms with E-state index < -0.39 is 22.0 Å². The van der Waals surface area contributed by atoms with Crippen LogP contribution in [-0.4, -0.2) is 33.2 Å². The largest absolute Gasteiger partial charge is 0.494 e. The second-order valence-corrected chi connectivity index (χ2v) is 8.45. The number of benzene rings is 2. The fourth-order valence-electron chi connectivity index (χ4n) is 2.49. The maximum Gasteiger partial charge on any atom is 0.247 e. The number of ether oxygens (including phenoxy) is 1. The van der Waals surface area contributed by atoms with E-state index in [9.17, 15) is 13.2 Å². The second-order valence-electron chi connectivity index (χ2n) is 5.78. The number of nitrogens with zero attached hydrogens (tertiary/aromatic N) is 1. The Morgan fingerprint density at radius 1 is 1.15 bits per heavy atom. The average Bonchev–Trinajstić information content (AvgIpc) is 2.59. The van der Waals surface area contributed by atoms with Crippen LogP contribution in [0.2, 0.25) is 10.0 Å². The third-order valence-electron chi connectivity index (χ3n) is 3.68. The van der Waals surface area contributed by atoms with Crippen LogP contribution in [0.1, 0.15) is 13.8 Å². The van der Waals surface area contributed by atoms with Crippen molar-refractivity contribution in [1.29, 1.82) is 0 Å². The molecular formula is C18H20Cl2N2O4S. The van der Waals surface area contributed by atoms with Crippen molar-refractivity contribution in [3.05, 3.63) is 52.5 Å². The maximum absolute atomic E-state index is 12.6. The van der Waals surface area contributed by atoms with Crippen molar-refractivity contribution in [1.82, 2.24) is 0 Å². The number of sulfonamides is 1. The molecular weight excluding hydrogens is 411 g/mol. The second kappa shape index (κ2) is 8.82. The van der Waals surface area contributed by atoms with Crippen LogP contribution >= 0.6 is 23.2 Å². The van der Waals surface area contributed by atoms with Gasteiger partial charge in [-0.2, -0.15) is 0 Å². The molecule has 1 N–H and O–H groups in total. The Labute approximate surface area is 169 Å². The van der Waals surface area contributed by atoms with Crippen molar-refractivity contribution >= 4 is 50.5 Å². The molecule has 0 saturated carbocycles. The Kier molecular flexibility index (Phi) is 6.97. The summed E-state index contributed by atoms with van der Waals surface area (Å²) >= 11 is 11.8. The van der Waals surface area contributed by atoms with E-state index in [1.807, 2.05) is 6.92 Å². The Bertz CT molecular complexity index is 917. The Balaban J connectivity index is 2.27. The summed E-state index contributed by atoms with van der Waals surface area (Å²) in [5.41, 5.74) is 0.777. The summed E-state index contributed by atoms with van der Waals surface area (Å²) in [5, 5.41) is 3.29. The molecule has 0 spiro atoms. The molecule has 0 heterocycles. The van der Waals surface area contributed by atoms with Crippen LogP contribution in [0.5, 0.6) is 5.75 Å². The summed E-state index contributed by atoms with van der Waals surface area (Å²) in [6, 6.07) is 10.1. The molecule has 0 aliphatic carbocycles. The molecule has 6 nitrogen and oxygen atoms in total. The van der Waals surface area contributed by atoms with Gasteiger partial charge in [0.25, 0.3) is 0 Å². The van der Waals surface area contributed by atoms with Crippen LogP contribution in [0, 0.1) is 0 Å². The molecule has 1 unspecified atom stereocenters. The minimum Gasteiger partial charge on any atom is -0.494 e. The van der Waals surface area contributed by atoms with Crippen LogP contribution in [0.4, 0.5) is 11.4 Å². The van der Waals surface area contributed by atoms with E-state index in [0.29, 0.717) is 28.8 Å². The SMILES string of the molecule is CCOc1ccc(N(C(C)C(=O)Nc2ccc(Cl)c(Cl)c2)S(C)(=O)=O)cc1. The van der Waals surface area contributed by atoms with Crippen LogP contribution in [0.25, 0.3) is 0 Å². The molecule has 2 rings (SSSR count). The van der Waals surface area contributed by atoms with Crippen molar-refractivity contribution in [2.75, 3.05) is 22.5 Å². The Morgan fingerprint density at radius 3 is 2.30 bits per heavy atom. The first-order valence-corrected chi connectivity index (χ1v) is 10.7. The van der Waals surface area contributed by atoms with E-state index in [0.717, 1.165) is 10.6 Å². The number of rotatable bonds is 7. The monoisotopic (exact) mass is 430 g/mol. The van der Waals surface area contributed by atoms with Gasteiger partial charge < -0.3 is 10.1 Å². The van der Waals surface area contributed by atoms with Gasteiger partial charge in [-0.15, -0.1) is 0 Å². The summed E-state index contributed by atoms with van der Waals surface area (Å²) in [4.78, 5) is 12.6. The lowest BCUT2D eigenvalue weighted by Gasteiger charge is -2.28. The zero-order valence-electron chi connectivity index (χ0n) is 15.1. The number of carbonyl (C=O) groups excluding carboxylic acids is 1. The van der Waals surface area contributed by atoms with Gasteiger partial charge in [0.1, 0.15) is 11.8 Å². The maximum atomic E-state index is 12.6. The van der Waals surface area contributed by atoms with Gasteiger partial charge in [-0.25, -0.2) is 8.42 Å². The van der Waals surface area contributed by atoms with Crippen LogP contribution in [0.3, 0.4) is 0 Å². The van der Waals surface area contributed by atoms with Gasteiger partial charge in [0, 0.05) is 5.69 Å². The molecule has 27 heavy (non-hydrogen) atoms. The molecule has 146 valence electrons. The first-order chi connectivity index (χ1) is 12.6. The summed E-state index contributed by atoms with van der Waals surface area (Å²) in [6.45, 7) is 3.86. The number of hydrogen-bond donors (Lipinski definition) is 1. The normalized spacial score (nSPS) is 12.3. The number of hydrogen-bond acceptors (Lipinski definition) is 4. The van der Waals surface area contributed by atoms with Crippen molar-refractivity contribution in [2.45, 2.75) is 19.9 Å². The van der Waals surface area contributed by atoms with E-state index in [1.54, 1.807) is 36.4 Å². The van der Waals surface area contributed by atoms with Gasteiger partial charge in [-0.1, -0.05) is 23.2 Å². The van der Waals surface area contributed by atoms with E-state index >= 15 is 0 Å². The summed E-state index contributed by atoms with van der Waals surface area (Å²) in [6.07, 6.45) is 1.05. The molecule has 0 bridgehead atoms. The average molecular weight is 431 g/mol. The first kappa shape index (κ1) is 21.3. The van der Waals surface area contributed by atoms with E-state index in [-0.39, 0.29) is 5.02 Å². The van der Waals surface area contributed by atoms with E-state index in [1.165, 1.54) is 13.0 Å². The molecule has 0 aliphatic heterocycles. The third-order valence-corrected chi connectivity index (χ3v) is 5.66. The van der Waals surface area contributed by atoms with Crippen molar-refractivity contribution in [3.8, 4) is 5.75 Å². The molecule has 2 aromatic carbocycles. The van der Waals surface area contributed by atoms with Gasteiger partial charge in [-0.05, 0) is 56.3 Å². The van der Waals surface area contributed by atoms with Crippen molar-refractivity contribution < 1.29 is 17.9 Å². The smallest absolute Gasteiger partial charge is 0.247 e.